The molecule has 3 heterocycles. The number of ketones is 1. The Morgan fingerprint density at radius 2 is 1.15 bits per heavy atom. The molecule has 2 aliphatic rings. The maximum absolute atomic E-state index is 14.1. The number of nitrogens with zero attached hydrogens (tertiary/aromatic N) is 2. The zero-order valence-corrected chi connectivity index (χ0v) is 31.6. The van der Waals surface area contributed by atoms with E-state index < -0.39 is 17.5 Å². The van der Waals surface area contributed by atoms with Crippen LogP contribution in [0.25, 0.3) is 22.2 Å². The molecule has 10 heteroatoms. The molecule has 3 N–H and O–H groups in total. The quantitative estimate of drug-likeness (QED) is 0.129. The number of amides is 4. The summed E-state index contributed by atoms with van der Waals surface area (Å²) in [5, 5.41) is 6.70. The fourth-order valence-electron chi connectivity index (χ4n) is 7.69. The monoisotopic (exact) mass is 737 g/mol. The van der Waals surface area contributed by atoms with Crippen molar-refractivity contribution >= 4 is 51.7 Å². The molecule has 2 fully saturated rings. The van der Waals surface area contributed by atoms with Gasteiger partial charge in [0.2, 0.25) is 23.6 Å². The molecule has 0 bridgehead atoms. The molecule has 10 nitrogen and oxygen atoms in total. The van der Waals surface area contributed by atoms with Gasteiger partial charge in [-0.2, -0.15) is 0 Å². The summed E-state index contributed by atoms with van der Waals surface area (Å²) in [7, 11) is 0. The molecule has 7 rings (SSSR count). The number of carbonyl (C=O) groups is 5. The topological polar surface area (TPSA) is 132 Å². The highest BCUT2D eigenvalue weighted by Gasteiger charge is 2.36. The van der Waals surface area contributed by atoms with Crippen LogP contribution < -0.4 is 10.6 Å². The second-order valence-corrected chi connectivity index (χ2v) is 15.6. The minimum absolute atomic E-state index is 0.0637. The molecular weight excluding hydrogens is 691 g/mol. The lowest BCUT2D eigenvalue weighted by atomic mass is 9.84. The molecule has 282 valence electrons. The van der Waals surface area contributed by atoms with Crippen LogP contribution in [0.15, 0.2) is 103 Å². The summed E-state index contributed by atoms with van der Waals surface area (Å²) in [4.78, 5) is 74.2. The zero-order chi connectivity index (χ0) is 38.7. The van der Waals surface area contributed by atoms with Crippen LogP contribution in [0.5, 0.6) is 0 Å². The number of Topliss-reactive ketones (excluding diaryl/α,β-unsaturated/α-hetero) is 1. The Balaban J connectivity index is 1.08. The predicted molar refractivity (Wildman–Crippen MR) is 215 cm³/mol. The van der Waals surface area contributed by atoms with Crippen LogP contribution in [0.4, 0.5) is 11.4 Å². The van der Waals surface area contributed by atoms with Crippen molar-refractivity contribution in [2.75, 3.05) is 23.7 Å². The van der Waals surface area contributed by atoms with E-state index in [0.29, 0.717) is 53.9 Å². The van der Waals surface area contributed by atoms with E-state index in [0.717, 1.165) is 35.0 Å². The number of anilines is 2. The molecule has 55 heavy (non-hydrogen) atoms. The van der Waals surface area contributed by atoms with Gasteiger partial charge in [0.05, 0.1) is 24.1 Å². The van der Waals surface area contributed by atoms with Gasteiger partial charge in [-0.25, -0.2) is 0 Å². The smallest absolute Gasteiger partial charge is 0.247 e. The highest BCUT2D eigenvalue weighted by Crippen LogP contribution is 2.37. The molecule has 0 spiro atoms. The molecular formula is C45H47N5O5. The molecule has 0 radical (unpaired) electrons. The Kier molecular flexibility index (Phi) is 10.7. The molecule has 0 saturated carbocycles. The van der Waals surface area contributed by atoms with Crippen molar-refractivity contribution in [3.8, 4) is 11.3 Å². The van der Waals surface area contributed by atoms with E-state index in [9.17, 15) is 24.0 Å². The first-order chi connectivity index (χ1) is 26.5. The van der Waals surface area contributed by atoms with E-state index in [4.69, 9.17) is 0 Å². The van der Waals surface area contributed by atoms with Crippen molar-refractivity contribution in [1.82, 2.24) is 14.8 Å². The van der Waals surface area contributed by atoms with Gasteiger partial charge in [0, 0.05) is 40.8 Å². The van der Waals surface area contributed by atoms with Crippen LogP contribution >= 0.6 is 0 Å². The molecule has 5 aromatic rings. The number of fused-ring (bicyclic) bond motifs is 1. The van der Waals surface area contributed by atoms with Gasteiger partial charge in [0.1, 0.15) is 12.1 Å². The van der Waals surface area contributed by atoms with Gasteiger partial charge in [0.15, 0.2) is 5.78 Å². The summed E-state index contributed by atoms with van der Waals surface area (Å²) in [5.74, 6) is -0.683. The summed E-state index contributed by atoms with van der Waals surface area (Å²) < 4.78 is 0. The van der Waals surface area contributed by atoms with Crippen LogP contribution in [0.2, 0.25) is 0 Å². The molecule has 2 saturated heterocycles. The molecule has 2 aliphatic heterocycles. The van der Waals surface area contributed by atoms with Gasteiger partial charge < -0.3 is 25.4 Å². The second-order valence-electron chi connectivity index (χ2n) is 15.6. The van der Waals surface area contributed by atoms with Gasteiger partial charge in [-0.1, -0.05) is 93.6 Å². The van der Waals surface area contributed by atoms with Crippen LogP contribution in [0.1, 0.15) is 67.9 Å². The largest absolute Gasteiger partial charge is 0.354 e. The lowest BCUT2D eigenvalue weighted by molar-refractivity contribution is -0.136. The third kappa shape index (κ3) is 8.23. The lowest BCUT2D eigenvalue weighted by Gasteiger charge is -2.24. The van der Waals surface area contributed by atoms with E-state index in [1.165, 1.54) is 0 Å². The first kappa shape index (κ1) is 37.3. The van der Waals surface area contributed by atoms with Gasteiger partial charge in [-0.05, 0) is 72.7 Å². The average Bonchev–Trinajstić information content (AvgIpc) is 3.95. The summed E-state index contributed by atoms with van der Waals surface area (Å²) in [6.07, 6.45) is 3.19. The van der Waals surface area contributed by atoms with Crippen molar-refractivity contribution in [2.24, 2.45) is 5.41 Å². The van der Waals surface area contributed by atoms with E-state index in [1.807, 2.05) is 106 Å². The predicted octanol–water partition coefficient (Wildman–Crippen LogP) is 7.41. The number of hydrogen-bond donors (Lipinski definition) is 3. The van der Waals surface area contributed by atoms with E-state index in [-0.39, 0.29) is 42.3 Å². The molecule has 2 atom stereocenters. The van der Waals surface area contributed by atoms with Crippen molar-refractivity contribution in [2.45, 2.75) is 71.4 Å². The highest BCUT2D eigenvalue weighted by atomic mass is 16.2. The zero-order valence-electron chi connectivity index (χ0n) is 31.6. The third-order valence-corrected chi connectivity index (χ3v) is 10.6. The first-order valence-corrected chi connectivity index (χ1v) is 19.1. The Hall–Kier alpha value is -6.03. The fraction of sp³-hybridized carbons (Fsp3) is 0.311. The third-order valence-electron chi connectivity index (χ3n) is 10.6. The summed E-state index contributed by atoms with van der Waals surface area (Å²) in [6.45, 7) is 6.71. The maximum atomic E-state index is 14.1. The standard InChI is InChI=1S/C45H47N5O5/c1-45(2,3)42(53)40-34-28-33(47-44(55)37-17-11-25-50(37)39(52)27-30-14-8-5-9-15-30)22-23-35(34)48-41(40)31-18-20-32(21-19-31)46-43(54)36-16-10-24-49(36)38(51)26-29-12-6-4-7-13-29/h4-9,12-15,18-23,28,36-37,48H,10-11,16-17,24-27H2,1-3H3,(H,46,54)(H,47,55)/t36?,37-/m0/s1. The van der Waals surface area contributed by atoms with Gasteiger partial charge in [0.25, 0.3) is 0 Å². The number of hydrogen-bond acceptors (Lipinski definition) is 5. The Morgan fingerprint density at radius 3 is 1.65 bits per heavy atom. The van der Waals surface area contributed by atoms with Crippen LogP contribution in [-0.2, 0) is 32.0 Å². The lowest BCUT2D eigenvalue weighted by Crippen LogP contribution is -2.43. The van der Waals surface area contributed by atoms with Crippen molar-refractivity contribution in [3.63, 3.8) is 0 Å². The number of aromatic amines is 1. The van der Waals surface area contributed by atoms with Gasteiger partial charge >= 0.3 is 0 Å². The molecule has 4 amide bonds. The number of likely N-dealkylation sites (tertiary alicyclic amines) is 2. The molecule has 4 aromatic carbocycles. The van der Waals surface area contributed by atoms with Crippen LogP contribution in [0, 0.1) is 5.41 Å². The Labute approximate surface area is 321 Å². The molecule has 0 aliphatic carbocycles. The molecule has 1 unspecified atom stereocenters. The average molecular weight is 738 g/mol. The maximum Gasteiger partial charge on any atom is 0.247 e. The van der Waals surface area contributed by atoms with Gasteiger partial charge in [-0.15, -0.1) is 0 Å². The minimum Gasteiger partial charge on any atom is -0.354 e. The van der Waals surface area contributed by atoms with Crippen molar-refractivity contribution < 1.29 is 24.0 Å². The number of benzene rings is 4. The number of nitrogens with one attached hydrogen (secondary N) is 3. The summed E-state index contributed by atoms with van der Waals surface area (Å²) in [5.41, 5.74) is 4.88. The van der Waals surface area contributed by atoms with Crippen LogP contribution in [-0.4, -0.2) is 69.4 Å². The van der Waals surface area contributed by atoms with E-state index in [2.05, 4.69) is 15.6 Å². The number of H-pyrrole nitrogens is 1. The SMILES string of the molecule is CC(C)(C)C(=O)c1c(-c2ccc(NC(=O)C3CCCN3C(=O)Cc3ccccc3)cc2)[nH]c2ccc(NC(=O)[C@@H]3CCCN3C(=O)Cc3ccccc3)cc12. The fourth-order valence-corrected chi connectivity index (χ4v) is 7.69. The normalized spacial score (nSPS) is 17.0. The highest BCUT2D eigenvalue weighted by molar-refractivity contribution is 6.16. The van der Waals surface area contributed by atoms with Crippen molar-refractivity contribution in [3.05, 3.63) is 120 Å². The number of aromatic nitrogens is 1. The summed E-state index contributed by atoms with van der Waals surface area (Å²) in [6, 6.07) is 30.7. The number of rotatable bonds is 10. The molecule has 1 aromatic heterocycles. The van der Waals surface area contributed by atoms with Gasteiger partial charge in [-0.3, -0.25) is 24.0 Å². The minimum atomic E-state index is -0.703. The van der Waals surface area contributed by atoms with E-state index >= 15 is 0 Å². The van der Waals surface area contributed by atoms with Crippen molar-refractivity contribution in [1.29, 1.82) is 0 Å². The van der Waals surface area contributed by atoms with Crippen LogP contribution in [0.3, 0.4) is 0 Å². The second kappa shape index (κ2) is 15.8. The van der Waals surface area contributed by atoms with E-state index in [1.54, 1.807) is 28.0 Å². The first-order valence-electron chi connectivity index (χ1n) is 19.1. The summed E-state index contributed by atoms with van der Waals surface area (Å²) >= 11 is 0. The Morgan fingerprint density at radius 1 is 0.655 bits per heavy atom. The Bertz CT molecular complexity index is 2220. The number of carbonyl (C=O) groups excluding carboxylic acids is 5.